The van der Waals surface area contributed by atoms with Crippen LogP contribution in [0.3, 0.4) is 0 Å². The van der Waals surface area contributed by atoms with Gasteiger partial charge in [-0.3, -0.25) is 4.79 Å². The second-order valence-corrected chi connectivity index (χ2v) is 8.94. The zero-order chi connectivity index (χ0) is 22.9. The first-order valence-corrected chi connectivity index (χ1v) is 11.5. The summed E-state index contributed by atoms with van der Waals surface area (Å²) in [6.07, 6.45) is 7.24. The Balaban J connectivity index is 1.63. The monoisotopic (exact) mass is 439 g/mol. The lowest BCUT2D eigenvalue weighted by atomic mass is 9.93. The van der Waals surface area contributed by atoms with Crippen molar-refractivity contribution in [1.82, 2.24) is 15.2 Å². The minimum Gasteiger partial charge on any atom is -0.360 e. The minimum atomic E-state index is -0.0724. The summed E-state index contributed by atoms with van der Waals surface area (Å²) in [5.74, 6) is -0.0675. The maximum atomic E-state index is 13.9. The van der Waals surface area contributed by atoms with E-state index in [2.05, 4.69) is 41.4 Å². The Bertz CT molecular complexity index is 1250. The van der Waals surface area contributed by atoms with E-state index in [0.29, 0.717) is 12.1 Å². The molecular formula is C28H29N3O2. The number of hydrogen-bond donors (Lipinski definition) is 1. The number of aromatic nitrogens is 1. The highest BCUT2D eigenvalue weighted by Crippen LogP contribution is 2.36. The molecule has 3 atom stereocenters. The van der Waals surface area contributed by atoms with Crippen molar-refractivity contribution < 1.29 is 9.53 Å². The average molecular weight is 440 g/mol. The number of para-hydroxylation sites is 1. The molecule has 168 valence electrons. The van der Waals surface area contributed by atoms with Gasteiger partial charge in [-0.1, -0.05) is 73.7 Å². The van der Waals surface area contributed by atoms with Crippen LogP contribution in [-0.2, 0) is 11.3 Å². The number of carbonyl (C=O) groups is 1. The molecule has 2 aliphatic rings. The third kappa shape index (κ3) is 4.22. The highest BCUT2D eigenvalue weighted by molar-refractivity contribution is 6.09. The number of hydrogen-bond acceptors (Lipinski definition) is 4. The molecule has 1 fully saturated rings. The van der Waals surface area contributed by atoms with Gasteiger partial charge in [-0.05, 0) is 32.2 Å². The van der Waals surface area contributed by atoms with Crippen LogP contribution in [0.1, 0.15) is 29.3 Å². The van der Waals surface area contributed by atoms with Crippen molar-refractivity contribution in [3.8, 4) is 11.3 Å². The second-order valence-electron chi connectivity index (χ2n) is 8.94. The fourth-order valence-electron chi connectivity index (χ4n) is 4.69. The van der Waals surface area contributed by atoms with Gasteiger partial charge in [-0.2, -0.15) is 0 Å². The van der Waals surface area contributed by atoms with Gasteiger partial charge in [0.1, 0.15) is 12.2 Å². The number of fused-ring (bicyclic) bond motifs is 2. The van der Waals surface area contributed by atoms with Crippen molar-refractivity contribution in [2.45, 2.75) is 38.1 Å². The molecule has 5 heteroatoms. The molecule has 2 aromatic carbocycles. The van der Waals surface area contributed by atoms with Crippen molar-refractivity contribution in [2.24, 2.45) is 0 Å². The Morgan fingerprint density at radius 2 is 1.88 bits per heavy atom. The first kappa shape index (κ1) is 21.6. The summed E-state index contributed by atoms with van der Waals surface area (Å²) >= 11 is 0. The Labute approximate surface area is 194 Å². The van der Waals surface area contributed by atoms with Gasteiger partial charge in [0.05, 0.1) is 22.8 Å². The zero-order valence-corrected chi connectivity index (χ0v) is 19.3. The van der Waals surface area contributed by atoms with E-state index < -0.39 is 0 Å². The summed E-state index contributed by atoms with van der Waals surface area (Å²) in [6.45, 7) is 2.71. The third-order valence-electron chi connectivity index (χ3n) is 6.30. The molecule has 3 aromatic rings. The van der Waals surface area contributed by atoms with Crippen LogP contribution in [0.2, 0.25) is 0 Å². The predicted molar refractivity (Wildman–Crippen MR) is 132 cm³/mol. The van der Waals surface area contributed by atoms with Gasteiger partial charge in [0.2, 0.25) is 0 Å². The zero-order valence-electron chi connectivity index (χ0n) is 19.3. The molecular weight excluding hydrogens is 410 g/mol. The van der Waals surface area contributed by atoms with Crippen molar-refractivity contribution >= 4 is 16.8 Å². The first-order valence-electron chi connectivity index (χ1n) is 11.5. The number of carbonyl (C=O) groups excluding carboxylic acids is 1. The van der Waals surface area contributed by atoms with Gasteiger partial charge < -0.3 is 15.0 Å². The molecule has 3 unspecified atom stereocenters. The van der Waals surface area contributed by atoms with Gasteiger partial charge in [0.15, 0.2) is 0 Å². The summed E-state index contributed by atoms with van der Waals surface area (Å²) < 4.78 is 5.76. The van der Waals surface area contributed by atoms with E-state index in [0.717, 1.165) is 39.7 Å². The quantitative estimate of drug-likeness (QED) is 0.541. The number of nitrogens with one attached hydrogen (secondary N) is 1. The summed E-state index contributed by atoms with van der Waals surface area (Å²) in [6, 6.07) is 18.0. The van der Waals surface area contributed by atoms with Gasteiger partial charge in [0, 0.05) is 23.1 Å². The SMILES string of the molecule is CCC(NC(=O)c1c(CN(C)C)c(-c2ccccc2)nc2ccccc12)C1=CC=CC2OC12. The molecule has 2 heterocycles. The molecule has 1 saturated heterocycles. The summed E-state index contributed by atoms with van der Waals surface area (Å²) in [5.41, 5.74) is 5.47. The number of epoxide rings is 1. The van der Waals surface area contributed by atoms with Crippen LogP contribution in [0.25, 0.3) is 22.2 Å². The molecule has 1 aliphatic heterocycles. The van der Waals surface area contributed by atoms with E-state index in [1.807, 2.05) is 62.6 Å². The normalized spacial score (nSPS) is 19.8. The molecule has 0 saturated carbocycles. The molecule has 0 radical (unpaired) electrons. The molecule has 5 nitrogen and oxygen atoms in total. The number of nitrogens with zero attached hydrogens (tertiary/aromatic N) is 2. The number of pyridine rings is 1. The Hall–Kier alpha value is -3.28. The fourth-order valence-corrected chi connectivity index (χ4v) is 4.69. The van der Waals surface area contributed by atoms with Crippen molar-refractivity contribution in [1.29, 1.82) is 0 Å². The fraction of sp³-hybridized carbons (Fsp3) is 0.286. The van der Waals surface area contributed by atoms with Crippen molar-refractivity contribution in [3.63, 3.8) is 0 Å². The van der Waals surface area contributed by atoms with Crippen molar-refractivity contribution in [3.05, 3.63) is 89.5 Å². The predicted octanol–water partition coefficient (Wildman–Crippen LogP) is 4.74. The Morgan fingerprint density at radius 1 is 1.12 bits per heavy atom. The lowest BCUT2D eigenvalue weighted by Gasteiger charge is -2.24. The minimum absolute atomic E-state index is 0.0675. The molecule has 0 bridgehead atoms. The van der Waals surface area contributed by atoms with Gasteiger partial charge in [-0.25, -0.2) is 4.98 Å². The lowest BCUT2D eigenvalue weighted by Crippen LogP contribution is -2.38. The molecule has 33 heavy (non-hydrogen) atoms. The van der Waals surface area contributed by atoms with E-state index in [1.54, 1.807) is 0 Å². The molecule has 1 amide bonds. The highest BCUT2D eigenvalue weighted by Gasteiger charge is 2.43. The maximum Gasteiger partial charge on any atom is 0.252 e. The maximum absolute atomic E-state index is 13.9. The van der Waals surface area contributed by atoms with Gasteiger partial charge >= 0.3 is 0 Å². The average Bonchev–Trinajstić information content (AvgIpc) is 3.62. The van der Waals surface area contributed by atoms with Crippen LogP contribution in [0.15, 0.2) is 78.4 Å². The van der Waals surface area contributed by atoms with Gasteiger partial charge in [-0.15, -0.1) is 0 Å². The summed E-state index contributed by atoms with van der Waals surface area (Å²) in [5, 5.41) is 4.20. The molecule has 1 N–H and O–H groups in total. The van der Waals surface area contributed by atoms with Crippen LogP contribution in [-0.4, -0.2) is 48.1 Å². The summed E-state index contributed by atoms with van der Waals surface area (Å²) in [4.78, 5) is 21.0. The highest BCUT2D eigenvalue weighted by atomic mass is 16.6. The Morgan fingerprint density at radius 3 is 2.64 bits per heavy atom. The molecule has 0 spiro atoms. The third-order valence-corrected chi connectivity index (χ3v) is 6.30. The smallest absolute Gasteiger partial charge is 0.252 e. The lowest BCUT2D eigenvalue weighted by molar-refractivity contribution is 0.0941. The summed E-state index contributed by atoms with van der Waals surface area (Å²) in [7, 11) is 4.04. The number of allylic oxidation sites excluding steroid dienone is 2. The second kappa shape index (κ2) is 8.93. The van der Waals surface area contributed by atoms with Crippen LogP contribution in [0.5, 0.6) is 0 Å². The molecule has 5 rings (SSSR count). The van der Waals surface area contributed by atoms with E-state index in [4.69, 9.17) is 9.72 Å². The number of rotatable bonds is 7. The standard InChI is InChI=1S/C28H29N3O2/c1-4-22(20-14-10-16-24-27(20)33-24)30-28(32)25-19-13-8-9-15-23(19)29-26(21(25)17-31(2)3)18-11-6-5-7-12-18/h5-16,22,24,27H,4,17H2,1-3H3,(H,30,32). The van der Waals surface area contributed by atoms with Crippen LogP contribution < -0.4 is 5.32 Å². The van der Waals surface area contributed by atoms with Gasteiger partial charge in [0.25, 0.3) is 5.91 Å². The van der Waals surface area contributed by atoms with Crippen LogP contribution in [0, 0.1) is 0 Å². The number of amides is 1. The number of benzene rings is 2. The van der Waals surface area contributed by atoms with E-state index >= 15 is 0 Å². The van der Waals surface area contributed by atoms with E-state index in [9.17, 15) is 4.79 Å². The first-order chi connectivity index (χ1) is 16.1. The number of ether oxygens (including phenoxy) is 1. The largest absolute Gasteiger partial charge is 0.360 e. The van der Waals surface area contributed by atoms with Crippen molar-refractivity contribution in [2.75, 3.05) is 14.1 Å². The van der Waals surface area contributed by atoms with Crippen LogP contribution in [0.4, 0.5) is 0 Å². The topological polar surface area (TPSA) is 57.8 Å². The van der Waals surface area contributed by atoms with Crippen LogP contribution >= 0.6 is 0 Å². The Kier molecular flexibility index (Phi) is 5.83. The molecule has 1 aliphatic carbocycles. The molecule has 1 aromatic heterocycles. The van der Waals surface area contributed by atoms with E-state index in [1.165, 1.54) is 0 Å². The van der Waals surface area contributed by atoms with E-state index in [-0.39, 0.29) is 24.2 Å².